The summed E-state index contributed by atoms with van der Waals surface area (Å²) in [6.45, 7) is 3.28. The molecule has 0 bridgehead atoms. The Bertz CT molecular complexity index is 746. The third kappa shape index (κ3) is 5.76. The van der Waals surface area contributed by atoms with Gasteiger partial charge < -0.3 is 10.1 Å². The third-order valence-electron chi connectivity index (χ3n) is 3.77. The van der Waals surface area contributed by atoms with Gasteiger partial charge in [0.25, 0.3) is 0 Å². The van der Waals surface area contributed by atoms with Crippen molar-refractivity contribution in [3.8, 4) is 5.75 Å². The first-order valence-corrected chi connectivity index (χ1v) is 8.34. The molecular formula is C19H25N3O3. The van der Waals surface area contributed by atoms with Crippen molar-refractivity contribution >= 4 is 22.7 Å². The minimum Gasteiger partial charge on any atom is -0.497 e. The number of urea groups is 1. The van der Waals surface area contributed by atoms with Gasteiger partial charge in [-0.05, 0) is 48.0 Å². The molecule has 2 rings (SSSR count). The summed E-state index contributed by atoms with van der Waals surface area (Å²) in [5, 5.41) is 7.17. The smallest absolute Gasteiger partial charge is 0.321 e. The van der Waals surface area contributed by atoms with Crippen molar-refractivity contribution in [1.82, 2.24) is 15.5 Å². The molecule has 0 fully saturated rings. The molecule has 0 unspecified atom stereocenters. The van der Waals surface area contributed by atoms with Crippen LogP contribution in [0.5, 0.6) is 5.75 Å². The number of imide groups is 1. The third-order valence-corrected chi connectivity index (χ3v) is 3.77. The quantitative estimate of drug-likeness (QED) is 0.810. The second-order valence-corrected chi connectivity index (χ2v) is 6.02. The standard InChI is InChI=1S/C19H25N3O3/c1-4-9-20-19(24)21-18(23)13-22(2)12-14-5-6-16-11-17(25-3)8-7-15(16)10-14/h5-8,10-11H,4,9,12-13H2,1-3H3,(H2,20,21,23,24). The number of likely N-dealkylation sites (N-methyl/N-ethyl adjacent to an activating group) is 1. The summed E-state index contributed by atoms with van der Waals surface area (Å²) in [6, 6.07) is 11.7. The second-order valence-electron chi connectivity index (χ2n) is 6.02. The molecule has 0 aliphatic rings. The normalized spacial score (nSPS) is 10.7. The summed E-state index contributed by atoms with van der Waals surface area (Å²) in [4.78, 5) is 25.2. The topological polar surface area (TPSA) is 70.7 Å². The first-order valence-electron chi connectivity index (χ1n) is 8.34. The maximum Gasteiger partial charge on any atom is 0.321 e. The van der Waals surface area contributed by atoms with Gasteiger partial charge in [0, 0.05) is 13.1 Å². The van der Waals surface area contributed by atoms with Crippen LogP contribution in [0, 0.1) is 0 Å². The molecule has 3 amide bonds. The lowest BCUT2D eigenvalue weighted by Gasteiger charge is -2.16. The zero-order chi connectivity index (χ0) is 18.2. The van der Waals surface area contributed by atoms with Gasteiger partial charge in [-0.3, -0.25) is 15.0 Å². The number of methoxy groups -OCH3 is 1. The molecule has 0 aliphatic carbocycles. The van der Waals surface area contributed by atoms with E-state index < -0.39 is 6.03 Å². The van der Waals surface area contributed by atoms with Crippen molar-refractivity contribution in [1.29, 1.82) is 0 Å². The summed E-state index contributed by atoms with van der Waals surface area (Å²) in [7, 11) is 3.50. The van der Waals surface area contributed by atoms with Crippen LogP contribution < -0.4 is 15.4 Å². The highest BCUT2D eigenvalue weighted by Gasteiger charge is 2.10. The largest absolute Gasteiger partial charge is 0.497 e. The molecular weight excluding hydrogens is 318 g/mol. The molecule has 0 aromatic heterocycles. The Morgan fingerprint density at radius 3 is 2.56 bits per heavy atom. The summed E-state index contributed by atoms with van der Waals surface area (Å²) < 4.78 is 5.23. The van der Waals surface area contributed by atoms with Crippen LogP contribution in [0.4, 0.5) is 4.79 Å². The van der Waals surface area contributed by atoms with Crippen molar-refractivity contribution in [2.75, 3.05) is 27.2 Å². The Morgan fingerprint density at radius 2 is 1.84 bits per heavy atom. The van der Waals surface area contributed by atoms with Crippen LogP contribution in [0.1, 0.15) is 18.9 Å². The molecule has 0 atom stereocenters. The Kier molecular flexibility index (Phi) is 6.77. The van der Waals surface area contributed by atoms with Crippen LogP contribution in [0.15, 0.2) is 36.4 Å². The van der Waals surface area contributed by atoms with E-state index in [1.807, 2.05) is 49.2 Å². The first-order chi connectivity index (χ1) is 12.0. The number of carbonyl (C=O) groups excluding carboxylic acids is 2. The van der Waals surface area contributed by atoms with E-state index in [4.69, 9.17) is 4.74 Å². The van der Waals surface area contributed by atoms with Crippen molar-refractivity contribution in [3.05, 3.63) is 42.0 Å². The molecule has 6 nitrogen and oxygen atoms in total. The van der Waals surface area contributed by atoms with E-state index in [0.717, 1.165) is 28.5 Å². The Balaban J connectivity index is 1.91. The first kappa shape index (κ1) is 18.7. The predicted octanol–water partition coefficient (Wildman–Crippen LogP) is 2.52. The molecule has 0 spiro atoms. The lowest BCUT2D eigenvalue weighted by atomic mass is 10.1. The van der Waals surface area contributed by atoms with E-state index in [9.17, 15) is 9.59 Å². The van der Waals surface area contributed by atoms with Crippen molar-refractivity contribution in [3.63, 3.8) is 0 Å². The highest BCUT2D eigenvalue weighted by atomic mass is 16.5. The van der Waals surface area contributed by atoms with E-state index >= 15 is 0 Å². The number of carbonyl (C=O) groups is 2. The monoisotopic (exact) mass is 343 g/mol. The molecule has 6 heteroatoms. The molecule has 2 aromatic rings. The minimum atomic E-state index is -0.445. The van der Waals surface area contributed by atoms with Crippen LogP contribution in [-0.2, 0) is 11.3 Å². The number of amides is 3. The molecule has 0 saturated carbocycles. The van der Waals surface area contributed by atoms with Gasteiger partial charge in [-0.25, -0.2) is 4.79 Å². The molecule has 0 radical (unpaired) electrons. The zero-order valence-corrected chi connectivity index (χ0v) is 15.0. The lowest BCUT2D eigenvalue weighted by molar-refractivity contribution is -0.120. The molecule has 25 heavy (non-hydrogen) atoms. The van der Waals surface area contributed by atoms with E-state index in [2.05, 4.69) is 16.7 Å². The number of fused-ring (bicyclic) bond motifs is 1. The molecule has 2 aromatic carbocycles. The number of nitrogens with one attached hydrogen (secondary N) is 2. The zero-order valence-electron chi connectivity index (χ0n) is 15.0. The number of rotatable bonds is 7. The molecule has 0 heterocycles. The number of nitrogens with zero attached hydrogens (tertiary/aromatic N) is 1. The highest BCUT2D eigenvalue weighted by Crippen LogP contribution is 2.22. The second kappa shape index (κ2) is 9.03. The summed E-state index contributed by atoms with van der Waals surface area (Å²) >= 11 is 0. The van der Waals surface area contributed by atoms with Gasteiger partial charge in [-0.15, -0.1) is 0 Å². The van der Waals surface area contributed by atoms with E-state index in [-0.39, 0.29) is 12.5 Å². The Morgan fingerprint density at radius 1 is 1.12 bits per heavy atom. The van der Waals surface area contributed by atoms with Crippen molar-refractivity contribution in [2.24, 2.45) is 0 Å². The van der Waals surface area contributed by atoms with Gasteiger partial charge in [0.15, 0.2) is 0 Å². The Labute approximate surface area is 148 Å². The molecule has 0 aliphatic heterocycles. The number of ether oxygens (including phenoxy) is 1. The maximum absolute atomic E-state index is 11.9. The van der Waals surface area contributed by atoms with Crippen molar-refractivity contribution in [2.45, 2.75) is 19.9 Å². The predicted molar refractivity (Wildman–Crippen MR) is 98.7 cm³/mol. The van der Waals surface area contributed by atoms with Crippen molar-refractivity contribution < 1.29 is 14.3 Å². The van der Waals surface area contributed by atoms with Gasteiger partial charge in [-0.1, -0.05) is 25.1 Å². The number of benzene rings is 2. The van der Waals surface area contributed by atoms with Gasteiger partial charge in [0.1, 0.15) is 5.75 Å². The van der Waals surface area contributed by atoms with Crippen LogP contribution >= 0.6 is 0 Å². The minimum absolute atomic E-state index is 0.153. The fraction of sp³-hybridized carbons (Fsp3) is 0.368. The van der Waals surface area contributed by atoms with E-state index in [1.165, 1.54) is 0 Å². The SMILES string of the molecule is CCCNC(=O)NC(=O)CN(C)Cc1ccc2cc(OC)ccc2c1. The van der Waals surface area contributed by atoms with Crippen LogP contribution in [0.2, 0.25) is 0 Å². The highest BCUT2D eigenvalue weighted by molar-refractivity contribution is 5.95. The van der Waals surface area contributed by atoms with E-state index in [0.29, 0.717) is 13.1 Å². The van der Waals surface area contributed by atoms with Gasteiger partial charge >= 0.3 is 6.03 Å². The number of hydrogen-bond acceptors (Lipinski definition) is 4. The Hall–Kier alpha value is -2.60. The van der Waals surface area contributed by atoms with Gasteiger partial charge in [-0.2, -0.15) is 0 Å². The molecule has 134 valence electrons. The molecule has 0 saturated heterocycles. The van der Waals surface area contributed by atoms with Gasteiger partial charge in [0.2, 0.25) is 5.91 Å². The number of hydrogen-bond donors (Lipinski definition) is 2. The maximum atomic E-state index is 11.9. The van der Waals surface area contributed by atoms with E-state index in [1.54, 1.807) is 7.11 Å². The van der Waals surface area contributed by atoms with Crippen LogP contribution in [-0.4, -0.2) is 44.1 Å². The summed E-state index contributed by atoms with van der Waals surface area (Å²) in [6.07, 6.45) is 0.829. The fourth-order valence-corrected chi connectivity index (χ4v) is 2.56. The van der Waals surface area contributed by atoms with Crippen LogP contribution in [0.25, 0.3) is 10.8 Å². The summed E-state index contributed by atoms with van der Waals surface area (Å²) in [5.74, 6) is 0.511. The lowest BCUT2D eigenvalue weighted by Crippen LogP contribution is -2.43. The summed E-state index contributed by atoms with van der Waals surface area (Å²) in [5.41, 5.74) is 1.10. The fourth-order valence-electron chi connectivity index (χ4n) is 2.56. The van der Waals surface area contributed by atoms with Gasteiger partial charge in [0.05, 0.1) is 13.7 Å². The average Bonchev–Trinajstić information content (AvgIpc) is 2.59. The average molecular weight is 343 g/mol. The van der Waals surface area contributed by atoms with Crippen LogP contribution in [0.3, 0.4) is 0 Å². The molecule has 2 N–H and O–H groups in total.